The van der Waals surface area contributed by atoms with Crippen LogP contribution in [0.3, 0.4) is 0 Å². The predicted molar refractivity (Wildman–Crippen MR) is 75.6 cm³/mol. The molecule has 2 saturated carbocycles. The van der Waals surface area contributed by atoms with E-state index in [0.717, 1.165) is 18.4 Å². The summed E-state index contributed by atoms with van der Waals surface area (Å²) in [5.74, 6) is 1.84. The fourth-order valence-electron chi connectivity index (χ4n) is 2.62. The minimum Gasteiger partial charge on any atom is -0.329 e. The third kappa shape index (κ3) is 3.12. The van der Waals surface area contributed by atoms with Crippen LogP contribution in [0.1, 0.15) is 55.2 Å². The fourth-order valence-corrected chi connectivity index (χ4v) is 2.62. The molecule has 0 saturated heterocycles. The lowest BCUT2D eigenvalue weighted by atomic mass is 10.0. The molecule has 0 aromatic heterocycles. The summed E-state index contributed by atoms with van der Waals surface area (Å²) in [6.45, 7) is 1.80. The average molecular weight is 244 g/mol. The van der Waals surface area contributed by atoms with Crippen molar-refractivity contribution in [3.8, 4) is 0 Å². The molecule has 98 valence electrons. The van der Waals surface area contributed by atoms with Crippen molar-refractivity contribution < 1.29 is 0 Å². The molecule has 1 aromatic rings. The Bertz CT molecular complexity index is 377. The van der Waals surface area contributed by atoms with E-state index in [2.05, 4.69) is 29.6 Å². The van der Waals surface area contributed by atoms with Crippen LogP contribution in [0.2, 0.25) is 0 Å². The van der Waals surface area contributed by atoms with Crippen LogP contribution in [0.15, 0.2) is 24.3 Å². The summed E-state index contributed by atoms with van der Waals surface area (Å²) in [5, 5.41) is 3.60. The summed E-state index contributed by atoms with van der Waals surface area (Å²) in [6, 6.07) is 9.43. The van der Waals surface area contributed by atoms with Crippen molar-refractivity contribution >= 4 is 0 Å². The Balaban J connectivity index is 1.54. The van der Waals surface area contributed by atoms with Crippen LogP contribution in [0.5, 0.6) is 0 Å². The average Bonchev–Trinajstić information content (AvgIpc) is 3.29. The lowest BCUT2D eigenvalue weighted by Gasteiger charge is -2.17. The van der Waals surface area contributed by atoms with Gasteiger partial charge in [-0.15, -0.1) is 0 Å². The molecule has 0 heterocycles. The Kier molecular flexibility index (Phi) is 3.67. The van der Waals surface area contributed by atoms with Gasteiger partial charge in [-0.3, -0.25) is 0 Å². The molecule has 0 radical (unpaired) electrons. The van der Waals surface area contributed by atoms with Gasteiger partial charge in [0.25, 0.3) is 0 Å². The Morgan fingerprint density at radius 3 is 2.39 bits per heavy atom. The van der Waals surface area contributed by atoms with Gasteiger partial charge in [0.2, 0.25) is 0 Å². The van der Waals surface area contributed by atoms with Crippen molar-refractivity contribution in [1.82, 2.24) is 5.32 Å². The van der Waals surface area contributed by atoms with Crippen LogP contribution in [0.4, 0.5) is 0 Å². The molecule has 0 spiro atoms. The molecular formula is C16H24N2. The SMILES string of the molecule is NCC(NCCC1CC1)c1ccc(C2CC2)cc1. The monoisotopic (exact) mass is 244 g/mol. The first-order valence-corrected chi connectivity index (χ1v) is 7.40. The lowest BCUT2D eigenvalue weighted by Crippen LogP contribution is -2.29. The van der Waals surface area contributed by atoms with Gasteiger partial charge in [0, 0.05) is 12.6 Å². The summed E-state index contributed by atoms with van der Waals surface area (Å²) in [7, 11) is 0. The largest absolute Gasteiger partial charge is 0.329 e. The van der Waals surface area contributed by atoms with Crippen LogP contribution in [-0.2, 0) is 0 Å². The van der Waals surface area contributed by atoms with E-state index in [1.165, 1.54) is 43.2 Å². The van der Waals surface area contributed by atoms with E-state index in [9.17, 15) is 0 Å². The number of nitrogens with two attached hydrogens (primary N) is 1. The van der Waals surface area contributed by atoms with Crippen molar-refractivity contribution in [3.05, 3.63) is 35.4 Å². The van der Waals surface area contributed by atoms with E-state index in [4.69, 9.17) is 5.73 Å². The minimum absolute atomic E-state index is 0.331. The van der Waals surface area contributed by atoms with Crippen molar-refractivity contribution in [2.75, 3.05) is 13.1 Å². The van der Waals surface area contributed by atoms with Crippen molar-refractivity contribution in [2.24, 2.45) is 11.7 Å². The van der Waals surface area contributed by atoms with Gasteiger partial charge in [0.15, 0.2) is 0 Å². The van der Waals surface area contributed by atoms with Crippen LogP contribution in [0, 0.1) is 5.92 Å². The number of hydrogen-bond donors (Lipinski definition) is 2. The Morgan fingerprint density at radius 1 is 1.11 bits per heavy atom. The van der Waals surface area contributed by atoms with E-state index >= 15 is 0 Å². The van der Waals surface area contributed by atoms with Gasteiger partial charge < -0.3 is 11.1 Å². The molecule has 2 heteroatoms. The first kappa shape index (κ1) is 12.2. The van der Waals surface area contributed by atoms with Crippen LogP contribution < -0.4 is 11.1 Å². The van der Waals surface area contributed by atoms with Crippen LogP contribution in [0.25, 0.3) is 0 Å². The predicted octanol–water partition coefficient (Wildman–Crippen LogP) is 2.95. The van der Waals surface area contributed by atoms with Crippen LogP contribution >= 0.6 is 0 Å². The first-order valence-electron chi connectivity index (χ1n) is 7.40. The smallest absolute Gasteiger partial charge is 0.0444 e. The highest BCUT2D eigenvalue weighted by Crippen LogP contribution is 2.40. The standard InChI is InChI=1S/C16H24N2/c17-11-16(18-10-9-12-1-2-12)15-7-5-14(6-8-15)13-3-4-13/h5-8,12-13,16,18H,1-4,9-11,17H2. The molecule has 2 nitrogen and oxygen atoms in total. The summed E-state index contributed by atoms with van der Waals surface area (Å²) < 4.78 is 0. The highest BCUT2D eigenvalue weighted by molar-refractivity contribution is 5.29. The molecule has 0 aliphatic heterocycles. The van der Waals surface area contributed by atoms with E-state index < -0.39 is 0 Å². The molecule has 1 atom stereocenters. The summed E-state index contributed by atoms with van der Waals surface area (Å²) in [4.78, 5) is 0. The third-order valence-electron chi connectivity index (χ3n) is 4.26. The molecule has 1 unspecified atom stereocenters. The van der Waals surface area contributed by atoms with Gasteiger partial charge in [-0.1, -0.05) is 37.1 Å². The second-order valence-corrected chi connectivity index (χ2v) is 5.92. The maximum absolute atomic E-state index is 5.88. The Hall–Kier alpha value is -0.860. The van der Waals surface area contributed by atoms with Gasteiger partial charge >= 0.3 is 0 Å². The zero-order valence-corrected chi connectivity index (χ0v) is 11.1. The molecule has 2 fully saturated rings. The Labute approximate surface area is 110 Å². The number of benzene rings is 1. The number of rotatable bonds is 7. The summed E-state index contributed by atoms with van der Waals surface area (Å²) in [5.41, 5.74) is 8.74. The quantitative estimate of drug-likeness (QED) is 0.774. The van der Waals surface area contributed by atoms with Gasteiger partial charge in [0.05, 0.1) is 0 Å². The van der Waals surface area contributed by atoms with E-state index in [1.54, 1.807) is 0 Å². The molecule has 0 amide bonds. The second kappa shape index (κ2) is 5.41. The first-order chi connectivity index (χ1) is 8.86. The van der Waals surface area contributed by atoms with Gasteiger partial charge in [-0.05, 0) is 48.8 Å². The number of nitrogens with one attached hydrogen (secondary N) is 1. The number of hydrogen-bond acceptors (Lipinski definition) is 2. The summed E-state index contributed by atoms with van der Waals surface area (Å²) in [6.07, 6.45) is 6.94. The van der Waals surface area contributed by atoms with E-state index in [0.29, 0.717) is 12.6 Å². The van der Waals surface area contributed by atoms with Crippen molar-refractivity contribution in [2.45, 2.75) is 44.1 Å². The van der Waals surface area contributed by atoms with Gasteiger partial charge in [-0.2, -0.15) is 0 Å². The molecule has 1 aromatic carbocycles. The highest BCUT2D eigenvalue weighted by Gasteiger charge is 2.23. The van der Waals surface area contributed by atoms with E-state index in [-0.39, 0.29) is 0 Å². The lowest BCUT2D eigenvalue weighted by molar-refractivity contribution is 0.516. The zero-order valence-electron chi connectivity index (χ0n) is 11.1. The van der Waals surface area contributed by atoms with E-state index in [1.807, 2.05) is 0 Å². The van der Waals surface area contributed by atoms with Crippen molar-refractivity contribution in [3.63, 3.8) is 0 Å². The normalized spacial score (nSPS) is 20.9. The fraction of sp³-hybridized carbons (Fsp3) is 0.625. The zero-order chi connectivity index (χ0) is 12.4. The van der Waals surface area contributed by atoms with Gasteiger partial charge in [0.1, 0.15) is 0 Å². The second-order valence-electron chi connectivity index (χ2n) is 5.92. The Morgan fingerprint density at radius 2 is 1.83 bits per heavy atom. The maximum Gasteiger partial charge on any atom is 0.0444 e. The molecule has 0 bridgehead atoms. The minimum atomic E-state index is 0.331. The van der Waals surface area contributed by atoms with Crippen LogP contribution in [-0.4, -0.2) is 13.1 Å². The third-order valence-corrected chi connectivity index (χ3v) is 4.26. The maximum atomic E-state index is 5.88. The molecular weight excluding hydrogens is 220 g/mol. The molecule has 2 aliphatic rings. The van der Waals surface area contributed by atoms with Gasteiger partial charge in [-0.25, -0.2) is 0 Å². The molecule has 3 N–H and O–H groups in total. The highest BCUT2D eigenvalue weighted by atomic mass is 14.9. The molecule has 18 heavy (non-hydrogen) atoms. The molecule has 3 rings (SSSR count). The molecule has 2 aliphatic carbocycles. The topological polar surface area (TPSA) is 38.0 Å². The van der Waals surface area contributed by atoms with Crippen molar-refractivity contribution in [1.29, 1.82) is 0 Å². The summed E-state index contributed by atoms with van der Waals surface area (Å²) >= 11 is 0.